The van der Waals surface area contributed by atoms with Gasteiger partial charge in [-0.25, -0.2) is 0 Å². The summed E-state index contributed by atoms with van der Waals surface area (Å²) in [7, 11) is 0. The highest BCUT2D eigenvalue weighted by Gasteiger charge is 2.18. The number of aliphatic hydroxyl groups excluding tert-OH is 2. The van der Waals surface area contributed by atoms with Crippen LogP contribution in [0.3, 0.4) is 0 Å². The molecule has 3 N–H and O–H groups in total. The molecule has 6 nitrogen and oxygen atoms in total. The van der Waals surface area contributed by atoms with Gasteiger partial charge in [-0.2, -0.15) is 0 Å². The molecule has 0 aliphatic heterocycles. The normalized spacial score (nSPS) is 12.7. The molecule has 6 heteroatoms. The first-order chi connectivity index (χ1) is 40.5. The fraction of sp³-hybridized carbons (Fsp3) is 0.895. The summed E-state index contributed by atoms with van der Waals surface area (Å²) in [4.78, 5) is 24.7. The van der Waals surface area contributed by atoms with Crippen LogP contribution in [0.4, 0.5) is 0 Å². The van der Waals surface area contributed by atoms with Crippen molar-refractivity contribution in [3.05, 3.63) is 36.5 Å². The number of carbonyl (C=O) groups excluding carboxylic acids is 2. The van der Waals surface area contributed by atoms with E-state index in [-0.39, 0.29) is 18.5 Å². The Morgan fingerprint density at radius 1 is 0.341 bits per heavy atom. The highest BCUT2D eigenvalue weighted by Crippen LogP contribution is 2.19. The number of esters is 1. The maximum Gasteiger partial charge on any atom is 0.305 e. The van der Waals surface area contributed by atoms with Crippen molar-refractivity contribution in [2.24, 2.45) is 0 Å². The summed E-state index contributed by atoms with van der Waals surface area (Å²) in [6, 6.07) is -0.630. The van der Waals surface area contributed by atoms with Gasteiger partial charge in [-0.3, -0.25) is 9.59 Å². The number of carbonyl (C=O) groups is 2. The predicted molar refractivity (Wildman–Crippen MR) is 361 cm³/mol. The van der Waals surface area contributed by atoms with Crippen molar-refractivity contribution in [1.82, 2.24) is 5.32 Å². The van der Waals surface area contributed by atoms with E-state index >= 15 is 0 Å². The van der Waals surface area contributed by atoms with Crippen LogP contribution in [0.15, 0.2) is 36.5 Å². The van der Waals surface area contributed by atoms with Crippen LogP contribution >= 0.6 is 0 Å². The average molecular weight is 1150 g/mol. The number of unbranched alkanes of at least 4 members (excludes halogenated alkanes) is 55. The van der Waals surface area contributed by atoms with Gasteiger partial charge in [0.05, 0.1) is 25.4 Å². The number of amides is 1. The molecule has 0 saturated heterocycles. The van der Waals surface area contributed by atoms with Gasteiger partial charge in [-0.15, -0.1) is 0 Å². The van der Waals surface area contributed by atoms with E-state index in [0.717, 1.165) is 51.4 Å². The van der Waals surface area contributed by atoms with E-state index in [9.17, 15) is 19.8 Å². The summed E-state index contributed by atoms with van der Waals surface area (Å²) in [6.07, 6.45) is 92.3. The Balaban J connectivity index is 3.40. The third kappa shape index (κ3) is 67.2. The first-order valence-corrected chi connectivity index (χ1v) is 37.3. The van der Waals surface area contributed by atoms with Crippen LogP contribution in [0.5, 0.6) is 0 Å². The Morgan fingerprint density at radius 3 is 0.939 bits per heavy atom. The molecule has 0 aromatic heterocycles. The molecular formula is C76H145NO5. The fourth-order valence-corrected chi connectivity index (χ4v) is 11.7. The average Bonchev–Trinajstić information content (AvgIpc) is 3.48. The third-order valence-corrected chi connectivity index (χ3v) is 17.4. The Morgan fingerprint density at radius 2 is 0.610 bits per heavy atom. The number of hydrogen-bond donors (Lipinski definition) is 3. The van der Waals surface area contributed by atoms with Gasteiger partial charge < -0.3 is 20.3 Å². The minimum atomic E-state index is -0.847. The third-order valence-electron chi connectivity index (χ3n) is 17.4. The van der Waals surface area contributed by atoms with E-state index in [4.69, 9.17) is 4.74 Å². The van der Waals surface area contributed by atoms with Gasteiger partial charge in [0.15, 0.2) is 0 Å². The molecule has 0 rings (SSSR count). The topological polar surface area (TPSA) is 95.9 Å². The monoisotopic (exact) mass is 1150 g/mol. The second-order valence-electron chi connectivity index (χ2n) is 25.6. The van der Waals surface area contributed by atoms with Crippen LogP contribution in [-0.4, -0.2) is 47.4 Å². The molecule has 0 spiro atoms. The zero-order valence-electron chi connectivity index (χ0n) is 55.5. The molecule has 0 heterocycles. The lowest BCUT2D eigenvalue weighted by Gasteiger charge is -2.20. The van der Waals surface area contributed by atoms with Gasteiger partial charge in [-0.05, 0) is 64.2 Å². The number of rotatable bonds is 70. The van der Waals surface area contributed by atoms with Crippen LogP contribution in [-0.2, 0) is 14.3 Å². The lowest BCUT2D eigenvalue weighted by Crippen LogP contribution is -2.45. The van der Waals surface area contributed by atoms with Crippen molar-refractivity contribution in [3.8, 4) is 0 Å². The standard InChI is InChI=1S/C76H145NO5/c1-3-5-7-9-11-13-15-17-19-21-23-24-25-26-27-30-33-36-40-44-48-52-56-60-64-68-74(79)73(72-78)77-75(80)69-65-61-57-53-49-45-41-37-34-31-28-29-32-35-39-43-47-51-55-59-63-67-71-82-76(81)70-66-62-58-54-50-46-42-38-22-20-18-16-14-12-10-8-6-4-2/h14,16,20,22,64,68,73-74,78-79H,3-13,15,17-19,21,23-63,65-67,69-72H2,1-2H3,(H,77,80)/b16-14-,22-20-,68-64+. The molecule has 0 aromatic carbocycles. The van der Waals surface area contributed by atoms with E-state index in [0.29, 0.717) is 19.4 Å². The lowest BCUT2D eigenvalue weighted by molar-refractivity contribution is -0.143. The Hall–Kier alpha value is -1.92. The van der Waals surface area contributed by atoms with Crippen molar-refractivity contribution < 1.29 is 24.5 Å². The van der Waals surface area contributed by atoms with Crippen LogP contribution in [0.2, 0.25) is 0 Å². The molecule has 0 aliphatic carbocycles. The number of hydrogen-bond acceptors (Lipinski definition) is 5. The minimum absolute atomic E-state index is 0.00623. The van der Waals surface area contributed by atoms with Gasteiger partial charge in [0, 0.05) is 12.8 Å². The Labute approximate surface area is 513 Å². The summed E-state index contributed by atoms with van der Waals surface area (Å²) in [5.74, 6) is -0.0575. The number of allylic oxidation sites excluding steroid dienone is 5. The van der Waals surface area contributed by atoms with E-state index < -0.39 is 12.1 Å². The highest BCUT2D eigenvalue weighted by atomic mass is 16.5. The maximum absolute atomic E-state index is 12.5. The summed E-state index contributed by atoms with van der Waals surface area (Å²) < 4.78 is 5.50. The molecular weight excluding hydrogens is 1010 g/mol. The Bertz CT molecular complexity index is 1330. The smallest absolute Gasteiger partial charge is 0.305 e. The SMILES string of the molecule is CCCCCC/C=C\C/C=C\CCCCCCCCCC(=O)OCCCCCCCCCCCCCCCCCCCCCCCCC(=O)NC(CO)C(O)/C=C/CCCCCCCCCCCCCCCCCCCCCCCCC. The highest BCUT2D eigenvalue weighted by molar-refractivity contribution is 5.76. The summed E-state index contributed by atoms with van der Waals surface area (Å²) in [6.45, 7) is 4.92. The molecule has 1 amide bonds. The van der Waals surface area contributed by atoms with E-state index in [1.165, 1.54) is 334 Å². The van der Waals surface area contributed by atoms with Gasteiger partial charge in [0.2, 0.25) is 5.91 Å². The Kier molecular flexibility index (Phi) is 69.9. The van der Waals surface area contributed by atoms with E-state index in [1.807, 2.05) is 6.08 Å². The molecule has 0 aliphatic rings. The van der Waals surface area contributed by atoms with Crippen LogP contribution in [0.25, 0.3) is 0 Å². The molecule has 0 radical (unpaired) electrons. The first kappa shape index (κ1) is 80.1. The molecule has 484 valence electrons. The van der Waals surface area contributed by atoms with Crippen molar-refractivity contribution in [2.75, 3.05) is 13.2 Å². The largest absolute Gasteiger partial charge is 0.466 e. The fourth-order valence-electron chi connectivity index (χ4n) is 11.7. The molecule has 0 aromatic rings. The van der Waals surface area contributed by atoms with Crippen molar-refractivity contribution in [3.63, 3.8) is 0 Å². The summed E-state index contributed by atoms with van der Waals surface area (Å²) in [5.41, 5.74) is 0. The van der Waals surface area contributed by atoms with Crippen LogP contribution in [0.1, 0.15) is 412 Å². The number of ether oxygens (including phenoxy) is 1. The molecule has 0 saturated carbocycles. The second-order valence-corrected chi connectivity index (χ2v) is 25.6. The second kappa shape index (κ2) is 71.6. The molecule has 2 unspecified atom stereocenters. The predicted octanol–water partition coefficient (Wildman–Crippen LogP) is 24.3. The van der Waals surface area contributed by atoms with Crippen molar-refractivity contribution in [2.45, 2.75) is 424 Å². The van der Waals surface area contributed by atoms with E-state index in [1.54, 1.807) is 6.08 Å². The molecule has 0 fully saturated rings. The molecule has 2 atom stereocenters. The van der Waals surface area contributed by atoms with Gasteiger partial charge >= 0.3 is 5.97 Å². The van der Waals surface area contributed by atoms with Crippen molar-refractivity contribution in [1.29, 1.82) is 0 Å². The minimum Gasteiger partial charge on any atom is -0.466 e. The molecule has 82 heavy (non-hydrogen) atoms. The van der Waals surface area contributed by atoms with Crippen LogP contribution < -0.4 is 5.32 Å². The number of nitrogens with one attached hydrogen (secondary N) is 1. The van der Waals surface area contributed by atoms with Crippen molar-refractivity contribution >= 4 is 11.9 Å². The summed E-state index contributed by atoms with van der Waals surface area (Å²) in [5, 5.41) is 23.3. The lowest BCUT2D eigenvalue weighted by atomic mass is 10.0. The van der Waals surface area contributed by atoms with Gasteiger partial charge in [0.25, 0.3) is 0 Å². The maximum atomic E-state index is 12.5. The van der Waals surface area contributed by atoms with Gasteiger partial charge in [-0.1, -0.05) is 371 Å². The quantitative estimate of drug-likeness (QED) is 0.0320. The number of aliphatic hydroxyl groups is 2. The van der Waals surface area contributed by atoms with E-state index in [2.05, 4.69) is 43.5 Å². The molecule has 0 bridgehead atoms. The first-order valence-electron chi connectivity index (χ1n) is 37.3. The zero-order valence-corrected chi connectivity index (χ0v) is 55.5. The zero-order chi connectivity index (χ0) is 59.2. The van der Waals surface area contributed by atoms with Crippen LogP contribution in [0, 0.1) is 0 Å². The van der Waals surface area contributed by atoms with Gasteiger partial charge in [0.1, 0.15) is 0 Å². The summed E-state index contributed by atoms with van der Waals surface area (Å²) >= 11 is 0.